The van der Waals surface area contributed by atoms with Gasteiger partial charge in [0.1, 0.15) is 0 Å². The van der Waals surface area contributed by atoms with E-state index >= 15 is 0 Å². The van der Waals surface area contributed by atoms with Gasteiger partial charge in [-0.1, -0.05) is 0 Å². The minimum atomic E-state index is -1.83. The maximum Gasteiger partial charge on any atom is 1.00 e. The van der Waals surface area contributed by atoms with Crippen LogP contribution in [-0.2, 0) is 0 Å². The van der Waals surface area contributed by atoms with Crippen LogP contribution in [0.2, 0.25) is 0 Å². The summed E-state index contributed by atoms with van der Waals surface area (Å²) >= 11 is 0. The number of hydrogen-bond donors (Lipinski definition) is 20. The Labute approximate surface area is 272 Å². The van der Waals surface area contributed by atoms with E-state index in [0.717, 1.165) is 0 Å². The molecule has 0 aromatic rings. The first-order valence-electron chi connectivity index (χ1n) is 6.51. The molecular formula is C10H22Na2O30. The molecule has 0 saturated heterocycles. The summed E-state index contributed by atoms with van der Waals surface area (Å²) in [6, 6.07) is 0. The number of rotatable bonds is 0. The van der Waals surface area contributed by atoms with E-state index in [-0.39, 0.29) is 62.0 Å². The normalized spacial score (nSPS) is 5.71. The van der Waals surface area contributed by atoms with Gasteiger partial charge in [0.2, 0.25) is 0 Å². The Morgan fingerprint density at radius 3 is 0.190 bits per heavy atom. The fourth-order valence-corrected chi connectivity index (χ4v) is 0. The van der Waals surface area contributed by atoms with Crippen LogP contribution in [0.5, 0.6) is 0 Å². The third-order valence-corrected chi connectivity index (χ3v) is 0. The van der Waals surface area contributed by atoms with Crippen LogP contribution in [0.15, 0.2) is 0 Å². The van der Waals surface area contributed by atoms with Crippen LogP contribution in [0.1, 0.15) is 2.85 Å². The largest absolute Gasteiger partial charge is 1.00 e. The SMILES string of the molecule is O=C(O)O.O=C(O)O.O=C(O)O.O=C(O)O.O=C(O)O.O=C(O)O.O=C(O)O.O=C(O)O.O=C(O)O.O=C(O)O.[H-].[H-].[Na+].[Na+]. The van der Waals surface area contributed by atoms with Crippen LogP contribution >= 0.6 is 0 Å². The minimum Gasteiger partial charge on any atom is -1.00 e. The minimum absolute atomic E-state index is 0. The van der Waals surface area contributed by atoms with Crippen molar-refractivity contribution in [3.05, 3.63) is 0 Å². The summed E-state index contributed by atoms with van der Waals surface area (Å²) in [5.74, 6) is 0. The zero-order valence-electron chi connectivity index (χ0n) is 22.0. The second-order valence-electron chi connectivity index (χ2n) is 2.83. The van der Waals surface area contributed by atoms with Crippen molar-refractivity contribution >= 4 is 61.6 Å². The molecule has 20 N–H and O–H groups in total. The zero-order chi connectivity index (χ0) is 35.8. The maximum atomic E-state index is 8.56. The number of carbonyl (C=O) groups is 10. The van der Waals surface area contributed by atoms with Crippen LogP contribution in [0.3, 0.4) is 0 Å². The van der Waals surface area contributed by atoms with Crippen molar-refractivity contribution in [1.29, 1.82) is 0 Å². The Balaban J connectivity index is -0.0000000187. The van der Waals surface area contributed by atoms with Crippen molar-refractivity contribution in [3.8, 4) is 0 Å². The molecule has 0 aromatic carbocycles. The van der Waals surface area contributed by atoms with Crippen molar-refractivity contribution in [2.45, 2.75) is 0 Å². The van der Waals surface area contributed by atoms with E-state index in [0.29, 0.717) is 0 Å². The van der Waals surface area contributed by atoms with Gasteiger partial charge in [-0.25, -0.2) is 47.9 Å². The van der Waals surface area contributed by atoms with E-state index in [9.17, 15) is 0 Å². The van der Waals surface area contributed by atoms with Crippen molar-refractivity contribution in [2.24, 2.45) is 0 Å². The Hall–Kier alpha value is -5.30. The monoisotopic (exact) mass is 668 g/mol. The molecule has 0 rings (SSSR count). The molecule has 0 aliphatic carbocycles. The molecule has 0 aliphatic rings. The quantitative estimate of drug-likeness (QED) is 0.111. The van der Waals surface area contributed by atoms with Gasteiger partial charge in [0.15, 0.2) is 0 Å². The first-order chi connectivity index (χ1) is 17.3. The predicted molar refractivity (Wildman–Crippen MR) is 109 cm³/mol. The van der Waals surface area contributed by atoms with Gasteiger partial charge in [0.05, 0.1) is 0 Å². The van der Waals surface area contributed by atoms with Crippen LogP contribution < -0.4 is 59.1 Å². The first kappa shape index (κ1) is 76.7. The van der Waals surface area contributed by atoms with Gasteiger partial charge in [-0.15, -0.1) is 0 Å². The molecule has 0 spiro atoms. The molecular weight excluding hydrogens is 646 g/mol. The van der Waals surface area contributed by atoms with Gasteiger partial charge in [-0.2, -0.15) is 0 Å². The second kappa shape index (κ2) is 70.5. The molecule has 42 heavy (non-hydrogen) atoms. The molecule has 0 unspecified atom stereocenters. The molecule has 0 aromatic heterocycles. The van der Waals surface area contributed by atoms with Gasteiger partial charge >= 0.3 is 121 Å². The summed E-state index contributed by atoms with van der Waals surface area (Å²) in [4.78, 5) is 85.6. The number of hydrogen-bond acceptors (Lipinski definition) is 10. The molecule has 30 nitrogen and oxygen atoms in total. The molecule has 0 atom stereocenters. The summed E-state index contributed by atoms with van der Waals surface area (Å²) in [7, 11) is 0. The maximum absolute atomic E-state index is 8.56. The zero-order valence-corrected chi connectivity index (χ0v) is 24.0. The van der Waals surface area contributed by atoms with Crippen LogP contribution in [0, 0.1) is 0 Å². The topological polar surface area (TPSA) is 575 Å². The average Bonchev–Trinajstić information content (AvgIpc) is 2.47. The molecule has 32 heteroatoms. The van der Waals surface area contributed by atoms with E-state index in [1.165, 1.54) is 0 Å². The third kappa shape index (κ3) is 1400. The first-order valence-corrected chi connectivity index (χ1v) is 6.51. The molecule has 0 amide bonds. The van der Waals surface area contributed by atoms with E-state index in [4.69, 9.17) is 150 Å². The molecule has 0 fully saturated rings. The van der Waals surface area contributed by atoms with Crippen LogP contribution in [0.25, 0.3) is 0 Å². The van der Waals surface area contributed by atoms with Gasteiger partial charge in [0, 0.05) is 0 Å². The second-order valence-corrected chi connectivity index (χ2v) is 2.83. The summed E-state index contributed by atoms with van der Waals surface area (Å²) in [6.45, 7) is 0. The predicted octanol–water partition coefficient (Wildman–Crippen LogP) is -3.54. The number of carboxylic acid groups (broad SMARTS) is 20. The van der Waals surface area contributed by atoms with E-state index < -0.39 is 61.6 Å². The molecule has 0 bridgehead atoms. The van der Waals surface area contributed by atoms with Crippen molar-refractivity contribution in [3.63, 3.8) is 0 Å². The molecule has 0 saturated carbocycles. The molecule has 0 aliphatic heterocycles. The van der Waals surface area contributed by atoms with Crippen LogP contribution in [0.4, 0.5) is 47.9 Å². The smallest absolute Gasteiger partial charge is 1.00 e. The van der Waals surface area contributed by atoms with Crippen LogP contribution in [-0.4, -0.2) is 164 Å². The Bertz CT molecular complexity index is 485. The van der Waals surface area contributed by atoms with E-state index in [1.807, 2.05) is 0 Å². The molecule has 244 valence electrons. The van der Waals surface area contributed by atoms with Crippen molar-refractivity contribution in [1.82, 2.24) is 0 Å². The van der Waals surface area contributed by atoms with E-state index in [2.05, 4.69) is 0 Å². The van der Waals surface area contributed by atoms with Gasteiger partial charge in [0.25, 0.3) is 0 Å². The Morgan fingerprint density at radius 1 is 0.190 bits per heavy atom. The average molecular weight is 668 g/mol. The van der Waals surface area contributed by atoms with E-state index in [1.54, 1.807) is 0 Å². The Kier molecular flexibility index (Phi) is 129. The molecule has 0 heterocycles. The molecule has 0 radical (unpaired) electrons. The standard InChI is InChI=1S/10CH2O3.2Na.2H/c10*2-1(3)4;;;;/h10*(H2,2,3,4);;;;/q;;;;;;;;;;2*+1;2*-1. The fourth-order valence-electron chi connectivity index (χ4n) is 0. The van der Waals surface area contributed by atoms with Gasteiger partial charge < -0.3 is 105 Å². The third-order valence-electron chi connectivity index (χ3n) is 0. The van der Waals surface area contributed by atoms with Gasteiger partial charge in [-0.05, 0) is 0 Å². The Morgan fingerprint density at radius 2 is 0.190 bits per heavy atom. The van der Waals surface area contributed by atoms with Gasteiger partial charge in [-0.3, -0.25) is 0 Å². The summed E-state index contributed by atoms with van der Waals surface area (Å²) in [5.41, 5.74) is 0. The van der Waals surface area contributed by atoms with Crippen molar-refractivity contribution < 1.29 is 212 Å². The fraction of sp³-hybridized carbons (Fsp3) is 0. The summed E-state index contributed by atoms with van der Waals surface area (Å²) in [5, 5.41) is 139. The summed E-state index contributed by atoms with van der Waals surface area (Å²) < 4.78 is 0. The summed E-state index contributed by atoms with van der Waals surface area (Å²) in [6.07, 6.45) is -18.3. The van der Waals surface area contributed by atoms with Crippen molar-refractivity contribution in [2.75, 3.05) is 0 Å².